The Kier molecular flexibility index (Phi) is 7.63. The number of alkyl carbamates (subject to hydrolysis) is 1. The first-order valence-electron chi connectivity index (χ1n) is 6.65. The predicted molar refractivity (Wildman–Crippen MR) is 77.1 cm³/mol. The van der Waals surface area contributed by atoms with Crippen LogP contribution < -0.4 is 5.32 Å². The minimum Gasteiger partial charge on any atom is -0.467 e. The number of hydrogen-bond acceptors (Lipinski definition) is 6. The second kappa shape index (κ2) is 9.51. The average Bonchev–Trinajstić information content (AvgIpc) is 2.52. The molecule has 0 aromatic heterocycles. The Hall–Kier alpha value is -2.41. The lowest BCUT2D eigenvalue weighted by molar-refractivity contribution is -0.145. The third-order valence-electron chi connectivity index (χ3n) is 2.58. The monoisotopic (exact) mass is 309 g/mol. The maximum atomic E-state index is 11.7. The molecule has 0 aliphatic carbocycles. The minimum atomic E-state index is -1.03. The van der Waals surface area contributed by atoms with E-state index in [1.807, 2.05) is 18.2 Å². The highest BCUT2D eigenvalue weighted by Gasteiger charge is 2.22. The zero-order valence-corrected chi connectivity index (χ0v) is 12.5. The summed E-state index contributed by atoms with van der Waals surface area (Å²) in [6.45, 7) is 1.12. The lowest BCUT2D eigenvalue weighted by atomic mass is 10.2. The third kappa shape index (κ3) is 6.85. The first-order chi connectivity index (χ1) is 10.5. The van der Waals surface area contributed by atoms with Gasteiger partial charge in [-0.25, -0.2) is 9.59 Å². The molecule has 1 rings (SSSR count). The molecule has 7 heteroatoms. The topological polar surface area (TPSA) is 90.9 Å². The van der Waals surface area contributed by atoms with E-state index >= 15 is 0 Å². The Labute approximate surface area is 128 Å². The standard InChI is InChI=1S/C15H19NO6/c1-11(17)8-21-10-13(14(18)20-2)16-15(19)22-9-12-6-4-3-5-7-12/h3-7,13H,8-10H2,1-2H3,(H,16,19)/t13-/m0/s1. The van der Waals surface area contributed by atoms with E-state index in [1.54, 1.807) is 12.1 Å². The Balaban J connectivity index is 2.44. The molecule has 1 N–H and O–H groups in total. The van der Waals surface area contributed by atoms with Gasteiger partial charge in [0, 0.05) is 0 Å². The SMILES string of the molecule is COC(=O)[C@H](COCC(C)=O)NC(=O)OCc1ccccc1. The summed E-state index contributed by atoms with van der Waals surface area (Å²) in [7, 11) is 1.19. The van der Waals surface area contributed by atoms with Crippen molar-refractivity contribution in [2.75, 3.05) is 20.3 Å². The molecule has 0 radical (unpaired) electrons. The van der Waals surface area contributed by atoms with Gasteiger partial charge in [0.1, 0.15) is 13.2 Å². The number of nitrogens with one attached hydrogen (secondary N) is 1. The molecule has 1 atom stereocenters. The molecule has 0 bridgehead atoms. The van der Waals surface area contributed by atoms with E-state index < -0.39 is 18.1 Å². The van der Waals surface area contributed by atoms with Crippen molar-refractivity contribution in [3.8, 4) is 0 Å². The number of carbonyl (C=O) groups excluding carboxylic acids is 3. The number of esters is 1. The van der Waals surface area contributed by atoms with Gasteiger partial charge in [-0.15, -0.1) is 0 Å². The first kappa shape index (κ1) is 17.6. The van der Waals surface area contributed by atoms with E-state index in [4.69, 9.17) is 9.47 Å². The molecule has 0 saturated carbocycles. The van der Waals surface area contributed by atoms with E-state index in [2.05, 4.69) is 10.1 Å². The van der Waals surface area contributed by atoms with Crippen LogP contribution in [0.4, 0.5) is 4.79 Å². The highest BCUT2D eigenvalue weighted by atomic mass is 16.6. The largest absolute Gasteiger partial charge is 0.467 e. The van der Waals surface area contributed by atoms with Crippen LogP contribution in [0.1, 0.15) is 12.5 Å². The number of hydrogen-bond donors (Lipinski definition) is 1. The van der Waals surface area contributed by atoms with Crippen molar-refractivity contribution >= 4 is 17.8 Å². The molecule has 1 amide bonds. The number of rotatable bonds is 8. The number of methoxy groups -OCH3 is 1. The van der Waals surface area contributed by atoms with Crippen LogP contribution in [0.5, 0.6) is 0 Å². The normalized spacial score (nSPS) is 11.4. The fraction of sp³-hybridized carbons (Fsp3) is 0.400. The maximum Gasteiger partial charge on any atom is 0.408 e. The number of carbonyl (C=O) groups is 3. The fourth-order valence-electron chi connectivity index (χ4n) is 1.54. The van der Waals surface area contributed by atoms with Gasteiger partial charge in [0.05, 0.1) is 13.7 Å². The van der Waals surface area contributed by atoms with Crippen molar-refractivity contribution in [3.63, 3.8) is 0 Å². The molecular formula is C15H19NO6. The fourth-order valence-corrected chi connectivity index (χ4v) is 1.54. The van der Waals surface area contributed by atoms with Crippen LogP contribution in [-0.4, -0.2) is 44.2 Å². The lowest BCUT2D eigenvalue weighted by Gasteiger charge is -2.16. The molecule has 0 fully saturated rings. The Morgan fingerprint density at radius 2 is 1.86 bits per heavy atom. The van der Waals surface area contributed by atoms with Crippen LogP contribution in [0, 0.1) is 0 Å². The summed E-state index contributed by atoms with van der Waals surface area (Å²) in [6.07, 6.45) is -0.773. The van der Waals surface area contributed by atoms with Gasteiger partial charge in [-0.2, -0.15) is 0 Å². The molecule has 0 unspecified atom stereocenters. The quantitative estimate of drug-likeness (QED) is 0.722. The highest BCUT2D eigenvalue weighted by molar-refractivity contribution is 5.81. The Bertz CT molecular complexity index is 502. The van der Waals surface area contributed by atoms with Gasteiger partial charge < -0.3 is 19.5 Å². The van der Waals surface area contributed by atoms with Gasteiger partial charge in [0.25, 0.3) is 0 Å². The number of Topliss-reactive ketones (excluding diaryl/α,β-unsaturated/α-hetero) is 1. The maximum absolute atomic E-state index is 11.7. The summed E-state index contributed by atoms with van der Waals surface area (Å²) in [5.74, 6) is -0.865. The van der Waals surface area contributed by atoms with Crippen LogP contribution in [-0.2, 0) is 30.4 Å². The summed E-state index contributed by atoms with van der Waals surface area (Å²) in [6, 6.07) is 8.07. The molecular weight excluding hydrogens is 290 g/mol. The molecule has 7 nitrogen and oxygen atoms in total. The zero-order valence-electron chi connectivity index (χ0n) is 12.5. The molecule has 0 heterocycles. The molecule has 1 aromatic carbocycles. The Morgan fingerprint density at radius 3 is 2.45 bits per heavy atom. The minimum absolute atomic E-state index is 0.0782. The number of ether oxygens (including phenoxy) is 3. The number of benzene rings is 1. The smallest absolute Gasteiger partial charge is 0.408 e. The van der Waals surface area contributed by atoms with Crippen molar-refractivity contribution < 1.29 is 28.6 Å². The van der Waals surface area contributed by atoms with E-state index in [-0.39, 0.29) is 25.6 Å². The van der Waals surface area contributed by atoms with Gasteiger partial charge in [-0.1, -0.05) is 30.3 Å². The van der Waals surface area contributed by atoms with Crippen LogP contribution in [0.25, 0.3) is 0 Å². The van der Waals surface area contributed by atoms with Crippen molar-refractivity contribution in [2.45, 2.75) is 19.6 Å². The molecule has 0 spiro atoms. The van der Waals surface area contributed by atoms with Crippen molar-refractivity contribution in [1.29, 1.82) is 0 Å². The van der Waals surface area contributed by atoms with Gasteiger partial charge in [-0.3, -0.25) is 4.79 Å². The summed E-state index contributed by atoms with van der Waals surface area (Å²) >= 11 is 0. The molecule has 0 aliphatic heterocycles. The predicted octanol–water partition coefficient (Wildman–Crippen LogP) is 1.06. The van der Waals surface area contributed by atoms with E-state index in [1.165, 1.54) is 14.0 Å². The van der Waals surface area contributed by atoms with Gasteiger partial charge in [-0.05, 0) is 12.5 Å². The molecule has 0 aliphatic rings. The summed E-state index contributed by atoms with van der Waals surface area (Å²) in [4.78, 5) is 34.0. The summed E-state index contributed by atoms with van der Waals surface area (Å²) < 4.78 is 14.6. The third-order valence-corrected chi connectivity index (χ3v) is 2.58. The second-order valence-electron chi connectivity index (χ2n) is 4.50. The highest BCUT2D eigenvalue weighted by Crippen LogP contribution is 2.01. The summed E-state index contributed by atoms with van der Waals surface area (Å²) in [5.41, 5.74) is 0.820. The number of ketones is 1. The van der Waals surface area contributed by atoms with Crippen LogP contribution in [0.2, 0.25) is 0 Å². The summed E-state index contributed by atoms with van der Waals surface area (Å²) in [5, 5.41) is 2.34. The zero-order chi connectivity index (χ0) is 16.4. The first-order valence-corrected chi connectivity index (χ1v) is 6.65. The van der Waals surface area contributed by atoms with Crippen molar-refractivity contribution in [1.82, 2.24) is 5.32 Å². The Morgan fingerprint density at radius 1 is 1.18 bits per heavy atom. The molecule has 22 heavy (non-hydrogen) atoms. The van der Waals surface area contributed by atoms with Gasteiger partial charge in [0.15, 0.2) is 11.8 Å². The lowest BCUT2D eigenvalue weighted by Crippen LogP contribution is -2.45. The van der Waals surface area contributed by atoms with E-state index in [0.717, 1.165) is 5.56 Å². The van der Waals surface area contributed by atoms with Crippen LogP contribution >= 0.6 is 0 Å². The molecule has 120 valence electrons. The van der Waals surface area contributed by atoms with Gasteiger partial charge in [0.2, 0.25) is 0 Å². The molecule has 1 aromatic rings. The van der Waals surface area contributed by atoms with E-state index in [0.29, 0.717) is 0 Å². The van der Waals surface area contributed by atoms with Gasteiger partial charge >= 0.3 is 12.1 Å². The molecule has 0 saturated heterocycles. The average molecular weight is 309 g/mol. The second-order valence-corrected chi connectivity index (χ2v) is 4.50. The number of amides is 1. The van der Waals surface area contributed by atoms with Crippen molar-refractivity contribution in [2.24, 2.45) is 0 Å². The van der Waals surface area contributed by atoms with Crippen LogP contribution in [0.15, 0.2) is 30.3 Å². The van der Waals surface area contributed by atoms with Crippen molar-refractivity contribution in [3.05, 3.63) is 35.9 Å². The van der Waals surface area contributed by atoms with Crippen LogP contribution in [0.3, 0.4) is 0 Å². The van der Waals surface area contributed by atoms with E-state index in [9.17, 15) is 14.4 Å².